The van der Waals surface area contributed by atoms with Crippen molar-refractivity contribution in [3.63, 3.8) is 0 Å². The number of hydrogen-bond donors (Lipinski definition) is 2. The molecule has 0 bridgehead atoms. The number of benzene rings is 2. The summed E-state index contributed by atoms with van der Waals surface area (Å²) in [4.78, 5) is 35.6. The molecule has 0 radical (unpaired) electrons. The van der Waals surface area contributed by atoms with Gasteiger partial charge in [0, 0.05) is 23.3 Å². The van der Waals surface area contributed by atoms with Crippen LogP contribution in [-0.2, 0) is 13.6 Å². The van der Waals surface area contributed by atoms with Gasteiger partial charge in [0.2, 0.25) is 0 Å². The summed E-state index contributed by atoms with van der Waals surface area (Å²) in [6.45, 7) is 5.24. The molecule has 31 heavy (non-hydrogen) atoms. The Morgan fingerprint density at radius 1 is 1.13 bits per heavy atom. The summed E-state index contributed by atoms with van der Waals surface area (Å²) < 4.78 is 25.7. The average molecular weight is 442 g/mol. The van der Waals surface area contributed by atoms with Crippen LogP contribution in [0.2, 0.25) is 0 Å². The van der Waals surface area contributed by atoms with Gasteiger partial charge in [-0.05, 0) is 32.2 Å². The highest BCUT2D eigenvalue weighted by Crippen LogP contribution is 2.58. The minimum absolute atomic E-state index is 0.140. The lowest BCUT2D eigenvalue weighted by molar-refractivity contribution is 0.206. The summed E-state index contributed by atoms with van der Waals surface area (Å²) in [6, 6.07) is 9.22. The molecule has 1 unspecified atom stereocenters. The maximum atomic E-state index is 13.5. The second-order valence-corrected chi connectivity index (χ2v) is 9.28. The third-order valence-corrected chi connectivity index (χ3v) is 7.50. The maximum Gasteiger partial charge on any atom is 0.353 e. The highest BCUT2D eigenvalue weighted by atomic mass is 31.2. The molecular formula is C21H23N4O5P. The minimum atomic E-state index is -3.73. The van der Waals surface area contributed by atoms with E-state index in [2.05, 4.69) is 15.0 Å². The monoisotopic (exact) mass is 442 g/mol. The molecule has 162 valence electrons. The molecule has 0 fully saturated rings. The average Bonchev–Trinajstić information content (AvgIpc) is 3.29. The van der Waals surface area contributed by atoms with Crippen LogP contribution in [-0.4, -0.2) is 32.7 Å². The molecule has 0 amide bonds. The molecule has 0 aliphatic rings. The van der Waals surface area contributed by atoms with Crippen molar-refractivity contribution in [2.45, 2.75) is 26.6 Å². The maximum absolute atomic E-state index is 13.5. The minimum Gasteiger partial charge on any atom is -0.345 e. The van der Waals surface area contributed by atoms with E-state index in [9.17, 15) is 14.2 Å². The molecule has 0 aliphatic carbocycles. The SMILES string of the molecule is CCOP(=O)(OCC)C(C)n1c(=O)c(=O)[nH]c2cc(-c3ncc[nH]3)c3ccccc3c21. The Labute approximate surface area is 177 Å². The number of imidazole rings is 1. The summed E-state index contributed by atoms with van der Waals surface area (Å²) in [6.07, 6.45) is 3.35. The van der Waals surface area contributed by atoms with Crippen molar-refractivity contribution in [1.29, 1.82) is 0 Å². The van der Waals surface area contributed by atoms with Gasteiger partial charge in [0.05, 0.1) is 24.2 Å². The summed E-state index contributed by atoms with van der Waals surface area (Å²) >= 11 is 0. The van der Waals surface area contributed by atoms with Crippen molar-refractivity contribution in [3.05, 3.63) is 63.4 Å². The summed E-state index contributed by atoms with van der Waals surface area (Å²) in [5, 5.41) is 1.52. The third kappa shape index (κ3) is 3.54. The van der Waals surface area contributed by atoms with Crippen LogP contribution in [0.25, 0.3) is 33.2 Å². The lowest BCUT2D eigenvalue weighted by Crippen LogP contribution is -2.38. The fraction of sp³-hybridized carbons (Fsp3) is 0.286. The highest BCUT2D eigenvalue weighted by Gasteiger charge is 2.36. The molecular weight excluding hydrogens is 419 g/mol. The number of aromatic amines is 2. The first kappa shape index (κ1) is 21.2. The van der Waals surface area contributed by atoms with Crippen molar-refractivity contribution >= 4 is 29.4 Å². The normalized spacial score (nSPS) is 13.1. The van der Waals surface area contributed by atoms with E-state index in [0.717, 1.165) is 10.9 Å². The Hall–Kier alpha value is -3.00. The van der Waals surface area contributed by atoms with Gasteiger partial charge in [-0.2, -0.15) is 0 Å². The van der Waals surface area contributed by atoms with Crippen LogP contribution in [0, 0.1) is 0 Å². The van der Waals surface area contributed by atoms with Crippen LogP contribution in [0.5, 0.6) is 0 Å². The Bertz CT molecular complexity index is 1400. The van der Waals surface area contributed by atoms with Crippen LogP contribution in [0.15, 0.2) is 52.3 Å². The molecule has 9 nitrogen and oxygen atoms in total. The predicted octanol–water partition coefficient (Wildman–Crippen LogP) is 4.02. The molecule has 2 heterocycles. The van der Waals surface area contributed by atoms with Crippen molar-refractivity contribution in [2.24, 2.45) is 0 Å². The van der Waals surface area contributed by atoms with Crippen LogP contribution >= 0.6 is 7.60 Å². The van der Waals surface area contributed by atoms with Gasteiger partial charge >= 0.3 is 18.7 Å². The molecule has 0 spiro atoms. The number of rotatable bonds is 7. The number of fused-ring (bicyclic) bond motifs is 3. The molecule has 4 rings (SSSR count). The fourth-order valence-corrected chi connectivity index (χ4v) is 5.55. The largest absolute Gasteiger partial charge is 0.353 e. The van der Waals surface area contributed by atoms with Gasteiger partial charge in [-0.15, -0.1) is 0 Å². The molecule has 2 aromatic heterocycles. The molecule has 10 heteroatoms. The topological polar surface area (TPSA) is 119 Å². The molecule has 0 saturated carbocycles. The Balaban J connectivity index is 2.13. The van der Waals surface area contributed by atoms with E-state index >= 15 is 0 Å². The molecule has 4 aromatic rings. The zero-order valence-corrected chi connectivity index (χ0v) is 18.3. The molecule has 1 atom stereocenters. The lowest BCUT2D eigenvalue weighted by atomic mass is 10.0. The number of aromatic nitrogens is 4. The van der Waals surface area contributed by atoms with Crippen LogP contribution in [0.1, 0.15) is 26.6 Å². The van der Waals surface area contributed by atoms with Gasteiger partial charge in [-0.3, -0.25) is 18.7 Å². The molecule has 0 saturated heterocycles. The number of nitrogens with zero attached hydrogens (tertiary/aromatic N) is 2. The Morgan fingerprint density at radius 3 is 2.42 bits per heavy atom. The van der Waals surface area contributed by atoms with Gasteiger partial charge in [0.1, 0.15) is 11.6 Å². The number of hydrogen-bond acceptors (Lipinski definition) is 6. The van der Waals surface area contributed by atoms with E-state index in [1.165, 1.54) is 4.57 Å². The van der Waals surface area contributed by atoms with Crippen molar-refractivity contribution in [1.82, 2.24) is 19.5 Å². The number of nitrogens with one attached hydrogen (secondary N) is 2. The van der Waals surface area contributed by atoms with E-state index < -0.39 is 24.5 Å². The first-order valence-corrected chi connectivity index (χ1v) is 11.6. The molecule has 2 aromatic carbocycles. The second kappa shape index (κ2) is 8.26. The third-order valence-electron chi connectivity index (χ3n) is 5.12. The van der Waals surface area contributed by atoms with Gasteiger partial charge < -0.3 is 19.0 Å². The lowest BCUT2D eigenvalue weighted by Gasteiger charge is -2.26. The van der Waals surface area contributed by atoms with Crippen molar-refractivity contribution in [2.75, 3.05) is 13.2 Å². The fourth-order valence-electron chi connectivity index (χ4n) is 3.82. The zero-order chi connectivity index (χ0) is 22.2. The first-order valence-electron chi connectivity index (χ1n) is 10.00. The van der Waals surface area contributed by atoms with Crippen molar-refractivity contribution in [3.8, 4) is 11.4 Å². The predicted molar refractivity (Wildman–Crippen MR) is 119 cm³/mol. The highest BCUT2D eigenvalue weighted by molar-refractivity contribution is 7.53. The van der Waals surface area contributed by atoms with Crippen molar-refractivity contribution < 1.29 is 13.6 Å². The second-order valence-electron chi connectivity index (χ2n) is 6.94. The van der Waals surface area contributed by atoms with Crippen LogP contribution < -0.4 is 11.1 Å². The Morgan fingerprint density at radius 2 is 1.81 bits per heavy atom. The first-order chi connectivity index (χ1) is 14.9. The zero-order valence-electron chi connectivity index (χ0n) is 17.4. The van der Waals surface area contributed by atoms with Gasteiger partial charge in [-0.25, -0.2) is 4.98 Å². The van der Waals surface area contributed by atoms with E-state index in [1.54, 1.807) is 39.2 Å². The smallest absolute Gasteiger partial charge is 0.345 e. The Kier molecular flexibility index (Phi) is 5.66. The quantitative estimate of drug-likeness (QED) is 0.254. The van der Waals surface area contributed by atoms with E-state index in [4.69, 9.17) is 9.05 Å². The summed E-state index contributed by atoms with van der Waals surface area (Å²) in [5.41, 5.74) is -0.0155. The summed E-state index contributed by atoms with van der Waals surface area (Å²) in [5.74, 6) is -0.387. The summed E-state index contributed by atoms with van der Waals surface area (Å²) in [7, 11) is -3.73. The van der Waals surface area contributed by atoms with E-state index in [1.807, 2.05) is 24.3 Å². The van der Waals surface area contributed by atoms with E-state index in [0.29, 0.717) is 22.2 Å². The van der Waals surface area contributed by atoms with Crippen LogP contribution in [0.3, 0.4) is 0 Å². The molecule has 2 N–H and O–H groups in total. The molecule has 0 aliphatic heterocycles. The van der Waals surface area contributed by atoms with Crippen LogP contribution in [0.4, 0.5) is 0 Å². The van der Waals surface area contributed by atoms with Gasteiger partial charge in [0.15, 0.2) is 0 Å². The van der Waals surface area contributed by atoms with Gasteiger partial charge in [-0.1, -0.05) is 24.3 Å². The number of H-pyrrole nitrogens is 2. The standard InChI is InChI=1S/C21H23N4O5P/c1-4-29-31(28,30-5-2)13(3)25-18-15-9-7-6-8-14(15)16(19-22-10-11-23-19)12-17(18)24-20(26)21(25)27/h6-13H,4-5H2,1-3H3,(H,22,23)(H,24,26). The van der Waals surface area contributed by atoms with E-state index in [-0.39, 0.29) is 13.2 Å². The van der Waals surface area contributed by atoms with Gasteiger partial charge in [0.25, 0.3) is 0 Å².